The van der Waals surface area contributed by atoms with Crippen LogP contribution >= 0.6 is 0 Å². The number of carbonyl (C=O) groups excluding carboxylic acids is 1. The van der Waals surface area contributed by atoms with Crippen LogP contribution in [0, 0.1) is 0 Å². The minimum absolute atomic E-state index is 0.0716. The lowest BCUT2D eigenvalue weighted by Gasteiger charge is -2.24. The van der Waals surface area contributed by atoms with E-state index in [9.17, 15) is 4.79 Å². The van der Waals surface area contributed by atoms with Crippen molar-refractivity contribution in [3.8, 4) is 0 Å². The van der Waals surface area contributed by atoms with Gasteiger partial charge in [-0.1, -0.05) is 0 Å². The largest absolute Gasteiger partial charge is 0.465 e. The Morgan fingerprint density at radius 3 is 2.32 bits per heavy atom. The number of hydrogen-bond donors (Lipinski definition) is 2. The normalized spacial score (nSPS) is 11.0. The number of nitrogens with zero attached hydrogens (tertiary/aromatic N) is 4. The summed E-state index contributed by atoms with van der Waals surface area (Å²) in [6.45, 7) is 6.58. The predicted molar refractivity (Wildman–Crippen MR) is 70.8 cm³/mol. The highest BCUT2D eigenvalue weighted by Gasteiger charge is 2.17. The van der Waals surface area contributed by atoms with Gasteiger partial charge in [0, 0.05) is 6.04 Å². The fourth-order valence-corrected chi connectivity index (χ4v) is 1.50. The molecule has 4 N–H and O–H groups in total. The van der Waals surface area contributed by atoms with E-state index in [1.54, 1.807) is 6.92 Å². The Labute approximate surface area is 112 Å². The Morgan fingerprint density at radius 1 is 1.26 bits per heavy atom. The lowest BCUT2D eigenvalue weighted by molar-refractivity contribution is -0.145. The molecule has 0 spiro atoms. The third kappa shape index (κ3) is 5.04. The van der Waals surface area contributed by atoms with Crippen LogP contribution < -0.4 is 11.5 Å². The molecule has 0 aromatic carbocycles. The molecule has 0 bridgehead atoms. The van der Waals surface area contributed by atoms with E-state index in [4.69, 9.17) is 16.2 Å². The van der Waals surface area contributed by atoms with Crippen molar-refractivity contribution in [2.24, 2.45) is 0 Å². The fraction of sp³-hybridized carbons (Fsp3) is 0.636. The summed E-state index contributed by atoms with van der Waals surface area (Å²) in [5, 5.41) is 0. The molecular formula is C11H20N6O2. The molecule has 0 saturated carbocycles. The van der Waals surface area contributed by atoms with Gasteiger partial charge in [-0.2, -0.15) is 15.0 Å². The Morgan fingerprint density at radius 2 is 1.84 bits per heavy atom. The zero-order valence-corrected chi connectivity index (χ0v) is 11.5. The van der Waals surface area contributed by atoms with Gasteiger partial charge in [-0.05, 0) is 20.8 Å². The third-order valence-electron chi connectivity index (χ3n) is 2.43. The predicted octanol–water partition coefficient (Wildman–Crippen LogP) is -0.190. The van der Waals surface area contributed by atoms with E-state index < -0.39 is 0 Å². The van der Waals surface area contributed by atoms with Crippen molar-refractivity contribution in [2.45, 2.75) is 33.4 Å². The zero-order valence-electron chi connectivity index (χ0n) is 11.5. The Bertz CT molecular complexity index is 417. The summed E-state index contributed by atoms with van der Waals surface area (Å²) in [4.78, 5) is 25.1. The number of carbonyl (C=O) groups is 1. The summed E-state index contributed by atoms with van der Waals surface area (Å²) in [7, 11) is 0. The van der Waals surface area contributed by atoms with E-state index >= 15 is 0 Å². The summed E-state index contributed by atoms with van der Waals surface area (Å²) in [5.41, 5.74) is 11.0. The van der Waals surface area contributed by atoms with Gasteiger partial charge in [0.05, 0.1) is 19.7 Å². The minimum atomic E-state index is -0.286. The second kappa shape index (κ2) is 6.83. The van der Waals surface area contributed by atoms with E-state index in [-0.39, 0.29) is 30.5 Å². The van der Waals surface area contributed by atoms with Gasteiger partial charge in [-0.15, -0.1) is 0 Å². The lowest BCUT2D eigenvalue weighted by atomic mass is 10.3. The fourth-order valence-electron chi connectivity index (χ4n) is 1.50. The number of aromatic nitrogens is 3. The smallest absolute Gasteiger partial charge is 0.320 e. The quantitative estimate of drug-likeness (QED) is 0.681. The number of ether oxygens (including phenoxy) is 1. The third-order valence-corrected chi connectivity index (χ3v) is 2.43. The highest BCUT2D eigenvalue weighted by Crippen LogP contribution is 2.07. The van der Waals surface area contributed by atoms with E-state index in [0.717, 1.165) is 0 Å². The van der Waals surface area contributed by atoms with Crippen LogP contribution in [0.5, 0.6) is 0 Å². The summed E-state index contributed by atoms with van der Waals surface area (Å²) < 4.78 is 4.92. The first-order valence-electron chi connectivity index (χ1n) is 6.08. The molecule has 0 amide bonds. The van der Waals surface area contributed by atoms with E-state index in [1.165, 1.54) is 0 Å². The lowest BCUT2D eigenvalue weighted by Crippen LogP contribution is -2.36. The number of hydrogen-bond acceptors (Lipinski definition) is 8. The van der Waals surface area contributed by atoms with Crippen LogP contribution in [0.15, 0.2) is 0 Å². The maximum absolute atomic E-state index is 11.5. The average Bonchev–Trinajstić information content (AvgIpc) is 2.26. The molecule has 8 heteroatoms. The standard InChI is InChI=1S/C11H20N6O2/c1-4-19-9(18)6-17(7(2)3)5-8-14-10(12)16-11(13)15-8/h7H,4-6H2,1-3H3,(H4,12,13,14,15,16). The van der Waals surface area contributed by atoms with Crippen LogP contribution in [0.3, 0.4) is 0 Å². The van der Waals surface area contributed by atoms with E-state index in [0.29, 0.717) is 19.0 Å². The van der Waals surface area contributed by atoms with Crippen molar-refractivity contribution in [1.82, 2.24) is 19.9 Å². The van der Waals surface area contributed by atoms with Gasteiger partial charge in [0.15, 0.2) is 0 Å². The Kier molecular flexibility index (Phi) is 5.43. The number of nitrogen functional groups attached to an aromatic ring is 2. The number of rotatable bonds is 6. The molecule has 0 aliphatic heterocycles. The molecule has 1 rings (SSSR count). The van der Waals surface area contributed by atoms with Gasteiger partial charge in [-0.25, -0.2) is 0 Å². The summed E-state index contributed by atoms with van der Waals surface area (Å²) in [6, 6.07) is 0.128. The monoisotopic (exact) mass is 268 g/mol. The molecule has 0 unspecified atom stereocenters. The molecule has 0 aliphatic carbocycles. The van der Waals surface area contributed by atoms with Gasteiger partial charge in [0.1, 0.15) is 5.82 Å². The number of anilines is 2. The highest BCUT2D eigenvalue weighted by molar-refractivity contribution is 5.71. The van der Waals surface area contributed by atoms with Gasteiger partial charge in [-0.3, -0.25) is 9.69 Å². The first-order valence-corrected chi connectivity index (χ1v) is 6.08. The molecule has 1 aromatic rings. The number of nitrogens with two attached hydrogens (primary N) is 2. The number of esters is 1. The van der Waals surface area contributed by atoms with E-state index in [2.05, 4.69) is 15.0 Å². The zero-order chi connectivity index (χ0) is 14.4. The van der Waals surface area contributed by atoms with Gasteiger partial charge < -0.3 is 16.2 Å². The molecule has 0 atom stereocenters. The van der Waals surface area contributed by atoms with Crippen LogP contribution in [0.4, 0.5) is 11.9 Å². The summed E-state index contributed by atoms with van der Waals surface area (Å²) >= 11 is 0. The van der Waals surface area contributed by atoms with Crippen molar-refractivity contribution in [3.05, 3.63) is 5.82 Å². The maximum Gasteiger partial charge on any atom is 0.320 e. The van der Waals surface area contributed by atoms with E-state index in [1.807, 2.05) is 18.7 Å². The molecule has 0 fully saturated rings. The maximum atomic E-state index is 11.5. The molecule has 1 heterocycles. The molecule has 0 radical (unpaired) electrons. The second-order valence-corrected chi connectivity index (χ2v) is 4.27. The molecular weight excluding hydrogens is 248 g/mol. The van der Waals surface area contributed by atoms with Crippen LogP contribution in [0.25, 0.3) is 0 Å². The molecule has 0 aliphatic rings. The summed E-state index contributed by atoms with van der Waals surface area (Å²) in [5.74, 6) is 0.291. The van der Waals surface area contributed by atoms with Crippen molar-refractivity contribution in [3.63, 3.8) is 0 Å². The highest BCUT2D eigenvalue weighted by atomic mass is 16.5. The molecule has 0 saturated heterocycles. The van der Waals surface area contributed by atoms with Crippen LogP contribution in [0.1, 0.15) is 26.6 Å². The van der Waals surface area contributed by atoms with Gasteiger partial charge >= 0.3 is 5.97 Å². The van der Waals surface area contributed by atoms with Crippen LogP contribution in [-0.2, 0) is 16.1 Å². The first-order chi connectivity index (χ1) is 8.92. The molecule has 1 aromatic heterocycles. The average molecular weight is 268 g/mol. The van der Waals surface area contributed by atoms with Crippen molar-refractivity contribution in [2.75, 3.05) is 24.6 Å². The molecule has 8 nitrogen and oxygen atoms in total. The van der Waals surface area contributed by atoms with Gasteiger partial charge in [0.2, 0.25) is 11.9 Å². The SMILES string of the molecule is CCOC(=O)CN(Cc1nc(N)nc(N)n1)C(C)C. The van der Waals surface area contributed by atoms with Crippen molar-refractivity contribution in [1.29, 1.82) is 0 Å². The molecule has 19 heavy (non-hydrogen) atoms. The van der Waals surface area contributed by atoms with Crippen LogP contribution in [-0.4, -0.2) is 45.0 Å². The first kappa shape index (κ1) is 15.1. The summed E-state index contributed by atoms with van der Waals surface area (Å²) in [6.07, 6.45) is 0. The Hall–Kier alpha value is -1.96. The second-order valence-electron chi connectivity index (χ2n) is 4.27. The molecule has 106 valence electrons. The van der Waals surface area contributed by atoms with Gasteiger partial charge in [0.25, 0.3) is 0 Å². The minimum Gasteiger partial charge on any atom is -0.465 e. The Balaban J connectivity index is 2.75. The van der Waals surface area contributed by atoms with Crippen molar-refractivity contribution >= 4 is 17.9 Å². The topological polar surface area (TPSA) is 120 Å². The van der Waals surface area contributed by atoms with Crippen molar-refractivity contribution < 1.29 is 9.53 Å². The van der Waals surface area contributed by atoms with Crippen LogP contribution in [0.2, 0.25) is 0 Å².